The Morgan fingerprint density at radius 1 is 1.33 bits per heavy atom. The Kier molecular flexibility index (Phi) is 5.92. The molecule has 0 aromatic carbocycles. The maximum Gasteiger partial charge on any atom is 0.410 e. The van der Waals surface area contributed by atoms with E-state index in [2.05, 4.69) is 4.40 Å². The van der Waals surface area contributed by atoms with Crippen molar-refractivity contribution in [3.8, 4) is 0 Å². The lowest BCUT2D eigenvalue weighted by atomic mass is 10.2. The summed E-state index contributed by atoms with van der Waals surface area (Å²) in [4.78, 5) is 13.6. The van der Waals surface area contributed by atoms with Crippen LogP contribution in [0.25, 0.3) is 0 Å². The molecule has 0 aromatic heterocycles. The van der Waals surface area contributed by atoms with E-state index in [1.54, 1.807) is 4.90 Å². The highest BCUT2D eigenvalue weighted by molar-refractivity contribution is 7.85. The molecule has 0 bridgehead atoms. The SMILES string of the molecule is CC(C)(C)OC(=O)N1CCOC(/C=N/S(=O)C(C)(C)C)C1. The van der Waals surface area contributed by atoms with E-state index in [1.165, 1.54) is 6.21 Å². The summed E-state index contributed by atoms with van der Waals surface area (Å²) in [5.41, 5.74) is -0.521. The van der Waals surface area contributed by atoms with Gasteiger partial charge in [0.2, 0.25) is 0 Å². The van der Waals surface area contributed by atoms with Gasteiger partial charge in [-0.15, -0.1) is 0 Å². The molecular weight excluding hydrogens is 292 g/mol. The van der Waals surface area contributed by atoms with E-state index < -0.39 is 21.3 Å². The third kappa shape index (κ3) is 6.56. The molecule has 1 aliphatic heterocycles. The van der Waals surface area contributed by atoms with Gasteiger partial charge >= 0.3 is 6.09 Å². The number of nitrogens with zero attached hydrogens (tertiary/aromatic N) is 2. The summed E-state index contributed by atoms with van der Waals surface area (Å²) in [6.07, 6.45) is 0.816. The third-order valence-corrected chi connectivity index (χ3v) is 3.95. The van der Waals surface area contributed by atoms with E-state index in [9.17, 15) is 9.00 Å². The molecule has 0 saturated carbocycles. The summed E-state index contributed by atoms with van der Waals surface area (Å²) in [5, 5.41) is 0. The lowest BCUT2D eigenvalue weighted by Crippen LogP contribution is -2.48. The van der Waals surface area contributed by atoms with E-state index in [0.717, 1.165) is 0 Å². The second kappa shape index (κ2) is 6.87. The van der Waals surface area contributed by atoms with Crippen molar-refractivity contribution >= 4 is 23.3 Å². The average molecular weight is 318 g/mol. The van der Waals surface area contributed by atoms with Gasteiger partial charge in [0, 0.05) is 12.8 Å². The zero-order valence-electron chi connectivity index (χ0n) is 13.7. The maximum absolute atomic E-state index is 12.0. The molecule has 2 atom stereocenters. The smallest absolute Gasteiger partial charge is 0.410 e. The highest BCUT2D eigenvalue weighted by atomic mass is 32.2. The van der Waals surface area contributed by atoms with Gasteiger partial charge in [-0.2, -0.15) is 4.40 Å². The first-order chi connectivity index (χ1) is 9.49. The normalized spacial score (nSPS) is 22.4. The first-order valence-electron chi connectivity index (χ1n) is 7.05. The molecule has 0 spiro atoms. The minimum atomic E-state index is -1.32. The Bertz CT molecular complexity index is 424. The summed E-state index contributed by atoms with van der Waals surface area (Å²) in [6.45, 7) is 12.3. The van der Waals surface area contributed by atoms with Gasteiger partial charge in [-0.1, -0.05) is 0 Å². The second-order valence-corrected chi connectivity index (χ2v) is 8.89. The van der Waals surface area contributed by atoms with Crippen LogP contribution in [0.3, 0.4) is 0 Å². The maximum atomic E-state index is 12.0. The zero-order valence-corrected chi connectivity index (χ0v) is 14.5. The molecule has 0 aromatic rings. The summed E-state index contributed by atoms with van der Waals surface area (Å²) in [6, 6.07) is 0. The number of rotatable bonds is 2. The molecule has 1 heterocycles. The molecule has 2 unspecified atom stereocenters. The number of ether oxygens (including phenoxy) is 2. The molecule has 1 fully saturated rings. The summed E-state index contributed by atoms with van der Waals surface area (Å²) < 4.78 is 26.3. The Labute approximate surface area is 129 Å². The van der Waals surface area contributed by atoms with Gasteiger partial charge < -0.3 is 14.4 Å². The molecular formula is C14H26N2O4S. The Morgan fingerprint density at radius 3 is 2.48 bits per heavy atom. The largest absolute Gasteiger partial charge is 0.444 e. The Morgan fingerprint density at radius 2 is 1.95 bits per heavy atom. The molecule has 1 saturated heterocycles. The summed E-state index contributed by atoms with van der Waals surface area (Å²) in [5.74, 6) is 0. The van der Waals surface area contributed by atoms with Crippen molar-refractivity contribution in [1.29, 1.82) is 0 Å². The quantitative estimate of drug-likeness (QED) is 0.732. The fraction of sp³-hybridized carbons (Fsp3) is 0.857. The molecule has 1 rings (SSSR count). The molecule has 1 aliphatic rings. The molecule has 6 nitrogen and oxygen atoms in total. The van der Waals surface area contributed by atoms with E-state index >= 15 is 0 Å². The van der Waals surface area contributed by atoms with Crippen molar-refractivity contribution in [3.63, 3.8) is 0 Å². The van der Waals surface area contributed by atoms with Gasteiger partial charge in [0.1, 0.15) is 22.7 Å². The zero-order chi connectivity index (χ0) is 16.3. The van der Waals surface area contributed by atoms with Crippen molar-refractivity contribution < 1.29 is 18.5 Å². The second-order valence-electron chi connectivity index (χ2n) is 6.95. The van der Waals surface area contributed by atoms with Crippen LogP contribution in [-0.2, 0) is 20.5 Å². The molecule has 122 valence electrons. The van der Waals surface area contributed by atoms with Gasteiger partial charge in [-0.25, -0.2) is 9.00 Å². The molecule has 0 N–H and O–H groups in total. The van der Waals surface area contributed by atoms with Crippen molar-refractivity contribution in [2.45, 2.75) is 58.0 Å². The molecule has 21 heavy (non-hydrogen) atoms. The molecule has 0 radical (unpaired) electrons. The van der Waals surface area contributed by atoms with Crippen LogP contribution in [0.2, 0.25) is 0 Å². The van der Waals surface area contributed by atoms with Crippen molar-refractivity contribution in [2.75, 3.05) is 19.7 Å². The first kappa shape index (κ1) is 18.1. The minimum Gasteiger partial charge on any atom is -0.444 e. The van der Waals surface area contributed by atoms with Crippen molar-refractivity contribution in [1.82, 2.24) is 4.90 Å². The first-order valence-corrected chi connectivity index (χ1v) is 8.15. The van der Waals surface area contributed by atoms with Crippen LogP contribution >= 0.6 is 0 Å². The predicted octanol–water partition coefficient (Wildman–Crippen LogP) is 2.16. The van der Waals surface area contributed by atoms with Crippen LogP contribution in [0.4, 0.5) is 4.79 Å². The number of morpholine rings is 1. The standard InChI is InChI=1S/C14H26N2O4S/c1-13(2,3)20-12(17)16-7-8-19-11(10-16)9-15-21(18)14(4,5)6/h9,11H,7-8,10H2,1-6H3/b15-9+. The predicted molar refractivity (Wildman–Crippen MR) is 83.9 cm³/mol. The van der Waals surface area contributed by atoms with Crippen molar-refractivity contribution in [2.24, 2.45) is 4.40 Å². The summed E-state index contributed by atoms with van der Waals surface area (Å²) in [7, 11) is -1.32. The van der Waals surface area contributed by atoms with Crippen LogP contribution in [0, 0.1) is 0 Å². The van der Waals surface area contributed by atoms with Gasteiger partial charge in [0.15, 0.2) is 0 Å². The monoisotopic (exact) mass is 318 g/mol. The summed E-state index contributed by atoms with van der Waals surface area (Å²) >= 11 is 0. The number of hydrogen-bond acceptors (Lipinski definition) is 4. The van der Waals surface area contributed by atoms with Crippen LogP contribution in [-0.4, -0.2) is 57.6 Å². The van der Waals surface area contributed by atoms with Gasteiger partial charge in [-0.3, -0.25) is 0 Å². The molecule has 0 aliphatic carbocycles. The fourth-order valence-corrected chi connectivity index (χ4v) is 2.10. The number of carbonyl (C=O) groups excluding carboxylic acids is 1. The number of amides is 1. The van der Waals surface area contributed by atoms with Gasteiger partial charge in [0.05, 0.1) is 17.9 Å². The van der Waals surface area contributed by atoms with Gasteiger partial charge in [0.25, 0.3) is 0 Å². The van der Waals surface area contributed by atoms with E-state index in [0.29, 0.717) is 19.7 Å². The lowest BCUT2D eigenvalue weighted by Gasteiger charge is -2.32. The number of carbonyl (C=O) groups is 1. The fourth-order valence-electron chi connectivity index (χ4n) is 1.54. The average Bonchev–Trinajstić information content (AvgIpc) is 2.33. The minimum absolute atomic E-state index is 0.349. The van der Waals surface area contributed by atoms with Gasteiger partial charge in [-0.05, 0) is 41.5 Å². The number of hydrogen-bond donors (Lipinski definition) is 0. The highest BCUT2D eigenvalue weighted by Crippen LogP contribution is 2.14. The third-order valence-electron chi connectivity index (χ3n) is 2.59. The van der Waals surface area contributed by atoms with E-state index in [-0.39, 0.29) is 12.2 Å². The topological polar surface area (TPSA) is 68.2 Å². The van der Waals surface area contributed by atoms with Crippen LogP contribution in [0.1, 0.15) is 41.5 Å². The van der Waals surface area contributed by atoms with Crippen LogP contribution < -0.4 is 0 Å². The molecule has 7 heteroatoms. The van der Waals surface area contributed by atoms with E-state index in [4.69, 9.17) is 9.47 Å². The van der Waals surface area contributed by atoms with Crippen LogP contribution in [0.5, 0.6) is 0 Å². The lowest BCUT2D eigenvalue weighted by molar-refractivity contribution is -0.0196. The molecule has 1 amide bonds. The Balaban J connectivity index is 2.59. The van der Waals surface area contributed by atoms with E-state index in [1.807, 2.05) is 41.5 Å². The Hall–Kier alpha value is -0.950. The highest BCUT2D eigenvalue weighted by Gasteiger charge is 2.28. The van der Waals surface area contributed by atoms with Crippen LogP contribution in [0.15, 0.2) is 4.40 Å². The van der Waals surface area contributed by atoms with Crippen molar-refractivity contribution in [3.05, 3.63) is 0 Å².